The first-order valence-electron chi connectivity index (χ1n) is 6.51. The molecule has 3 N–H and O–H groups in total. The van der Waals surface area contributed by atoms with Crippen molar-refractivity contribution in [3.05, 3.63) is 0 Å². The zero-order valence-electron chi connectivity index (χ0n) is 11.8. The molecule has 5 heteroatoms. The van der Waals surface area contributed by atoms with Crippen LogP contribution in [0.5, 0.6) is 0 Å². The Morgan fingerprint density at radius 3 is 2.33 bits per heavy atom. The Labute approximate surface area is 110 Å². The van der Waals surface area contributed by atoms with Crippen molar-refractivity contribution in [1.82, 2.24) is 0 Å². The maximum Gasteiger partial charge on any atom is 0.156 e. The Kier molecular flexibility index (Phi) is 9.59. The van der Waals surface area contributed by atoms with Crippen molar-refractivity contribution in [2.45, 2.75) is 52.4 Å². The van der Waals surface area contributed by atoms with Gasteiger partial charge >= 0.3 is 0 Å². The van der Waals surface area contributed by atoms with Crippen LogP contribution in [0.3, 0.4) is 0 Å². The number of rotatable bonds is 10. The van der Waals surface area contributed by atoms with Crippen molar-refractivity contribution in [3.8, 4) is 0 Å². The molecule has 2 atom stereocenters. The Morgan fingerprint density at radius 2 is 1.78 bits per heavy atom. The maximum atomic E-state index is 9.50. The number of aliphatic hydroxyl groups is 3. The van der Waals surface area contributed by atoms with Crippen molar-refractivity contribution >= 4 is 0 Å². The maximum absolute atomic E-state index is 9.50. The van der Waals surface area contributed by atoms with Crippen LogP contribution in [0.1, 0.15) is 40.0 Å². The van der Waals surface area contributed by atoms with Gasteiger partial charge in [0.1, 0.15) is 6.10 Å². The van der Waals surface area contributed by atoms with Gasteiger partial charge in [-0.05, 0) is 18.3 Å². The summed E-state index contributed by atoms with van der Waals surface area (Å²) >= 11 is 0. The molecule has 0 spiro atoms. The van der Waals surface area contributed by atoms with E-state index in [0.717, 1.165) is 12.8 Å². The molecule has 18 heavy (non-hydrogen) atoms. The lowest BCUT2D eigenvalue weighted by Gasteiger charge is -2.18. The molecule has 0 heterocycles. The fraction of sp³-hybridized carbons (Fsp3) is 1.00. The molecule has 0 rings (SSSR count). The fourth-order valence-corrected chi connectivity index (χ4v) is 1.39. The number of hydrogen-bond donors (Lipinski definition) is 3. The quantitative estimate of drug-likeness (QED) is 0.404. The Bertz CT molecular complexity index is 190. The second-order valence-electron chi connectivity index (χ2n) is 5.69. The van der Waals surface area contributed by atoms with E-state index in [9.17, 15) is 5.11 Å². The summed E-state index contributed by atoms with van der Waals surface area (Å²) in [7, 11) is 0. The average Bonchev–Trinajstić information content (AvgIpc) is 2.25. The molecule has 0 fully saturated rings. The molecular formula is C13H28O5. The van der Waals surface area contributed by atoms with Gasteiger partial charge in [-0.25, -0.2) is 0 Å². The minimum atomic E-state index is -1.02. The molecule has 110 valence electrons. The van der Waals surface area contributed by atoms with Gasteiger partial charge in [-0.2, -0.15) is 0 Å². The molecule has 0 saturated heterocycles. The van der Waals surface area contributed by atoms with Gasteiger partial charge in [0.25, 0.3) is 0 Å². The summed E-state index contributed by atoms with van der Waals surface area (Å²) in [4.78, 5) is 0. The summed E-state index contributed by atoms with van der Waals surface area (Å²) in [6, 6.07) is 0. The van der Waals surface area contributed by atoms with E-state index >= 15 is 0 Å². The van der Waals surface area contributed by atoms with E-state index in [-0.39, 0.29) is 26.2 Å². The third-order valence-corrected chi connectivity index (χ3v) is 2.38. The van der Waals surface area contributed by atoms with Gasteiger partial charge in [0.05, 0.1) is 13.2 Å². The fourth-order valence-electron chi connectivity index (χ4n) is 1.39. The molecule has 0 radical (unpaired) electrons. The van der Waals surface area contributed by atoms with Gasteiger partial charge in [-0.15, -0.1) is 0 Å². The first-order chi connectivity index (χ1) is 8.35. The van der Waals surface area contributed by atoms with Crippen LogP contribution in [0.25, 0.3) is 0 Å². The Hall–Kier alpha value is -0.200. The molecule has 0 saturated carbocycles. The van der Waals surface area contributed by atoms with E-state index in [1.54, 1.807) is 0 Å². The topological polar surface area (TPSA) is 79.2 Å². The SMILES string of the molecule is CC(C)(C)CCCOCC(O)COC(O)CCO. The van der Waals surface area contributed by atoms with Crippen molar-refractivity contribution < 1.29 is 24.8 Å². The van der Waals surface area contributed by atoms with Gasteiger partial charge < -0.3 is 24.8 Å². The molecule has 0 aromatic heterocycles. The summed E-state index contributed by atoms with van der Waals surface area (Å²) in [5.41, 5.74) is 0.305. The number of hydrogen-bond acceptors (Lipinski definition) is 5. The number of ether oxygens (including phenoxy) is 2. The summed E-state index contributed by atoms with van der Waals surface area (Å²) in [5.74, 6) is 0. The van der Waals surface area contributed by atoms with Gasteiger partial charge in [0.2, 0.25) is 0 Å². The standard InChI is InChI=1S/C13H28O5/c1-13(2,3)6-4-8-17-9-11(15)10-18-12(16)5-7-14/h11-12,14-16H,4-10H2,1-3H3. The first kappa shape index (κ1) is 17.8. The second-order valence-corrected chi connectivity index (χ2v) is 5.69. The molecule has 0 bridgehead atoms. The molecule has 0 aromatic carbocycles. The van der Waals surface area contributed by atoms with E-state index in [1.807, 2.05) is 0 Å². The largest absolute Gasteiger partial charge is 0.396 e. The summed E-state index contributed by atoms with van der Waals surface area (Å²) in [6.07, 6.45) is 0.427. The van der Waals surface area contributed by atoms with E-state index < -0.39 is 12.4 Å². The third-order valence-electron chi connectivity index (χ3n) is 2.38. The highest BCUT2D eigenvalue weighted by Crippen LogP contribution is 2.20. The highest BCUT2D eigenvalue weighted by Gasteiger charge is 2.11. The van der Waals surface area contributed by atoms with Crippen molar-refractivity contribution in [3.63, 3.8) is 0 Å². The van der Waals surface area contributed by atoms with Crippen LogP contribution in [0, 0.1) is 5.41 Å². The van der Waals surface area contributed by atoms with Crippen molar-refractivity contribution in [1.29, 1.82) is 0 Å². The Morgan fingerprint density at radius 1 is 1.11 bits per heavy atom. The van der Waals surface area contributed by atoms with Gasteiger partial charge in [-0.3, -0.25) is 0 Å². The van der Waals surface area contributed by atoms with Crippen LogP contribution >= 0.6 is 0 Å². The van der Waals surface area contributed by atoms with Crippen LogP contribution in [0.15, 0.2) is 0 Å². The zero-order chi connectivity index (χ0) is 14.0. The highest BCUT2D eigenvalue weighted by molar-refractivity contribution is 4.60. The van der Waals surface area contributed by atoms with Crippen LogP contribution in [-0.4, -0.2) is 54.1 Å². The average molecular weight is 264 g/mol. The first-order valence-corrected chi connectivity index (χ1v) is 6.51. The molecule has 2 unspecified atom stereocenters. The molecule has 0 aliphatic heterocycles. The van der Waals surface area contributed by atoms with Crippen molar-refractivity contribution in [2.75, 3.05) is 26.4 Å². The summed E-state index contributed by atoms with van der Waals surface area (Å²) < 4.78 is 10.2. The van der Waals surface area contributed by atoms with Crippen LogP contribution in [-0.2, 0) is 9.47 Å². The Balaban J connectivity index is 3.39. The second kappa shape index (κ2) is 9.69. The molecular weight excluding hydrogens is 236 g/mol. The third kappa shape index (κ3) is 12.3. The van der Waals surface area contributed by atoms with E-state index in [0.29, 0.717) is 12.0 Å². The molecule has 0 aliphatic carbocycles. The lowest BCUT2D eigenvalue weighted by atomic mass is 9.91. The lowest BCUT2D eigenvalue weighted by molar-refractivity contribution is -0.136. The van der Waals surface area contributed by atoms with Crippen LogP contribution in [0.2, 0.25) is 0 Å². The summed E-state index contributed by atoms with van der Waals surface area (Å²) in [5, 5.41) is 27.2. The molecule has 0 aliphatic rings. The predicted octanol–water partition coefficient (Wildman–Crippen LogP) is 0.908. The normalized spacial score (nSPS) is 15.7. The monoisotopic (exact) mass is 264 g/mol. The van der Waals surface area contributed by atoms with Crippen molar-refractivity contribution in [2.24, 2.45) is 5.41 Å². The zero-order valence-corrected chi connectivity index (χ0v) is 11.8. The highest BCUT2D eigenvalue weighted by atomic mass is 16.6. The predicted molar refractivity (Wildman–Crippen MR) is 69.2 cm³/mol. The minimum absolute atomic E-state index is 0.0143. The van der Waals surface area contributed by atoms with Crippen LogP contribution < -0.4 is 0 Å². The lowest BCUT2D eigenvalue weighted by Crippen LogP contribution is -2.26. The number of aliphatic hydroxyl groups excluding tert-OH is 3. The molecule has 0 amide bonds. The van der Waals surface area contributed by atoms with E-state index in [2.05, 4.69) is 20.8 Å². The van der Waals surface area contributed by atoms with E-state index in [4.69, 9.17) is 19.7 Å². The van der Waals surface area contributed by atoms with Gasteiger partial charge in [0.15, 0.2) is 6.29 Å². The van der Waals surface area contributed by atoms with Crippen LogP contribution in [0.4, 0.5) is 0 Å². The van der Waals surface area contributed by atoms with E-state index in [1.165, 1.54) is 0 Å². The van der Waals surface area contributed by atoms with Gasteiger partial charge in [0, 0.05) is 19.6 Å². The minimum Gasteiger partial charge on any atom is -0.396 e. The molecule has 5 nitrogen and oxygen atoms in total. The smallest absolute Gasteiger partial charge is 0.156 e. The van der Waals surface area contributed by atoms with Gasteiger partial charge in [-0.1, -0.05) is 20.8 Å². The molecule has 0 aromatic rings. The summed E-state index contributed by atoms with van der Waals surface area (Å²) in [6.45, 7) is 7.24.